The van der Waals surface area contributed by atoms with Crippen LogP contribution in [0, 0.1) is 0 Å². The molecule has 0 aliphatic carbocycles. The zero-order chi connectivity index (χ0) is 4.24. The van der Waals surface area contributed by atoms with Crippen LogP contribution < -0.4 is 0 Å². The van der Waals surface area contributed by atoms with Gasteiger partial charge in [-0.3, -0.25) is 0 Å². The fourth-order valence-electron chi connectivity index (χ4n) is 0.385. The molecule has 1 aromatic carbocycles. The molecule has 0 aromatic heterocycles. The molecule has 0 spiro atoms. The molecule has 1 rings (SSSR count). The summed E-state index contributed by atoms with van der Waals surface area (Å²) in [7, 11) is 0. The fraction of sp³-hybridized carbons (Fsp3) is 0. The first-order chi connectivity index (χ1) is 3.00. The Balaban J connectivity index is -0.0000000103. The van der Waals surface area contributed by atoms with Crippen LogP contribution in [0.1, 0.15) is 0 Å². The van der Waals surface area contributed by atoms with Gasteiger partial charge in [0.1, 0.15) is 0 Å². The van der Waals surface area contributed by atoms with Gasteiger partial charge in [0.25, 0.3) is 0 Å². The van der Waals surface area contributed by atoms with Gasteiger partial charge in [-0.25, -0.2) is 0 Å². The Morgan fingerprint density at radius 2 is 0.385 bits per heavy atom. The van der Waals surface area contributed by atoms with Gasteiger partial charge >= 0.3 is 0 Å². The second-order valence-electron chi connectivity index (χ2n) is 1.15. The summed E-state index contributed by atoms with van der Waals surface area (Å²) >= 11 is 0. The number of hydrogen-bond acceptors (Lipinski definition) is 6. The Kier molecular flexibility index (Phi) is 132. The summed E-state index contributed by atoms with van der Waals surface area (Å²) in [5.74, 6) is 0. The van der Waals surface area contributed by atoms with Gasteiger partial charge in [-0.2, -0.15) is 0 Å². The quantitative estimate of drug-likeness (QED) is 0.370. The average Bonchev–Trinajstić information content (AvgIpc) is 1.72. The van der Waals surface area contributed by atoms with Gasteiger partial charge in [-0.05, 0) is 0 Å². The topological polar surface area (TPSA) is 0 Å². The van der Waals surface area contributed by atoms with E-state index in [2.05, 4.69) is 0 Å². The van der Waals surface area contributed by atoms with E-state index < -0.39 is 0 Å². The molecule has 0 amide bonds. The maximum Gasteiger partial charge on any atom is 0 e. The van der Waals surface area contributed by atoms with E-state index in [1.807, 2.05) is 36.4 Å². The normalized spacial score (nSPS) is 3.69. The molecule has 7 heteroatoms. The third-order valence-electron chi connectivity index (χ3n) is 0.667. The fourth-order valence-corrected chi connectivity index (χ4v) is 0.385. The molecule has 1 radical (unpaired) electrons. The largest absolute Gasteiger partial charge is 0.813 e. The second-order valence-corrected chi connectivity index (χ2v) is 1.15. The van der Waals surface area contributed by atoms with Gasteiger partial charge in [0.05, 0.1) is 0 Å². The van der Waals surface area contributed by atoms with E-state index in [4.69, 9.17) is 0 Å². The third kappa shape index (κ3) is 31.6. The van der Waals surface area contributed by atoms with E-state index in [0.717, 1.165) is 0 Å². The molecule has 0 saturated carbocycles. The maximum atomic E-state index is 2.00. The minimum absolute atomic E-state index is 0. The maximum absolute atomic E-state index is 2.00. The van der Waals surface area contributed by atoms with Crippen LogP contribution in [0.2, 0.25) is 0 Å². The third-order valence-corrected chi connectivity index (χ3v) is 0.667. The Bertz CT molecular complexity index is 89.0. The van der Waals surface area contributed by atoms with Gasteiger partial charge in [-0.1, -0.05) is 36.4 Å². The van der Waals surface area contributed by atoms with Crippen LogP contribution in [0.25, 0.3) is 0 Å². The number of thiol groups is 6. The monoisotopic (exact) mass is 339 g/mol. The van der Waals surface area contributed by atoms with Crippen LogP contribution in [0.3, 0.4) is 0 Å². The van der Waals surface area contributed by atoms with Crippen LogP contribution >= 0.6 is 0 Å². The zero-order valence-corrected chi connectivity index (χ0v) is 12.8. The van der Waals surface area contributed by atoms with Crippen LogP contribution in [0.5, 0.6) is 0 Å². The first-order valence-electron chi connectivity index (χ1n) is 2.00. The van der Waals surface area contributed by atoms with E-state index in [1.54, 1.807) is 0 Å². The van der Waals surface area contributed by atoms with Crippen LogP contribution in [-0.4, -0.2) is 0 Å². The van der Waals surface area contributed by atoms with Crippen molar-refractivity contribution >= 4 is 81.0 Å². The molecule has 1 aromatic rings. The summed E-state index contributed by atoms with van der Waals surface area (Å²) in [6.07, 6.45) is 0. The molecule has 0 atom stereocenters. The standard InChI is InChI=1S/C6H6.Cu.6H2S/c1-2-4-6-5-3-1;;;;;;;/h1-6H;;6*1H2/p-6. The minimum Gasteiger partial charge on any atom is -0.813 e. The molecule has 0 fully saturated rings. The van der Waals surface area contributed by atoms with Crippen molar-refractivity contribution in [3.05, 3.63) is 36.4 Å². The van der Waals surface area contributed by atoms with Crippen LogP contribution in [0.15, 0.2) is 36.4 Å². The summed E-state index contributed by atoms with van der Waals surface area (Å²) in [5, 5.41) is 0. The van der Waals surface area contributed by atoms with Gasteiger partial charge in [-0.15, -0.1) is 0 Å². The van der Waals surface area contributed by atoms with Crippen molar-refractivity contribution in [1.29, 1.82) is 0 Å². The molecule has 0 heterocycles. The molecule has 0 saturated heterocycles. The molecular formula is C6H12CuS6-6. The summed E-state index contributed by atoms with van der Waals surface area (Å²) in [4.78, 5) is 0. The predicted molar refractivity (Wildman–Crippen MR) is 79.0 cm³/mol. The Hall–Kier alpha value is 1.84. The van der Waals surface area contributed by atoms with E-state index in [1.165, 1.54) is 0 Å². The Morgan fingerprint density at radius 3 is 0.462 bits per heavy atom. The first kappa shape index (κ1) is 46.2. The SMILES string of the molecule is [Cu].[SH-].[SH-].[SH-].[SH-].[SH-].[SH-].c1ccccc1. The van der Waals surface area contributed by atoms with Crippen molar-refractivity contribution < 1.29 is 17.1 Å². The summed E-state index contributed by atoms with van der Waals surface area (Å²) in [6, 6.07) is 12.0. The van der Waals surface area contributed by atoms with Gasteiger partial charge < -0.3 is 81.0 Å². The van der Waals surface area contributed by atoms with Crippen LogP contribution in [-0.2, 0) is 98.0 Å². The Morgan fingerprint density at radius 1 is 0.308 bits per heavy atom. The number of rotatable bonds is 0. The van der Waals surface area contributed by atoms with Crippen LogP contribution in [0.4, 0.5) is 0 Å². The van der Waals surface area contributed by atoms with Crippen molar-refractivity contribution in [2.75, 3.05) is 0 Å². The van der Waals surface area contributed by atoms with E-state index >= 15 is 0 Å². The van der Waals surface area contributed by atoms with Gasteiger partial charge in [0, 0.05) is 17.1 Å². The average molecular weight is 340 g/mol. The summed E-state index contributed by atoms with van der Waals surface area (Å²) in [5.41, 5.74) is 0. The molecule has 89 valence electrons. The molecule has 13 heavy (non-hydrogen) atoms. The molecule has 0 N–H and O–H groups in total. The summed E-state index contributed by atoms with van der Waals surface area (Å²) < 4.78 is 0. The van der Waals surface area contributed by atoms with Crippen molar-refractivity contribution in [2.24, 2.45) is 0 Å². The van der Waals surface area contributed by atoms with Gasteiger partial charge in [0.15, 0.2) is 0 Å². The van der Waals surface area contributed by atoms with Crippen molar-refractivity contribution in [2.45, 2.75) is 0 Å². The van der Waals surface area contributed by atoms with E-state index in [-0.39, 0.29) is 98.0 Å². The van der Waals surface area contributed by atoms with E-state index in [0.29, 0.717) is 0 Å². The molecular weight excluding hydrogens is 328 g/mol. The first-order valence-corrected chi connectivity index (χ1v) is 2.00. The van der Waals surface area contributed by atoms with Crippen molar-refractivity contribution in [3.8, 4) is 0 Å². The molecule has 0 aliphatic rings. The second kappa shape index (κ2) is 37.1. The predicted octanol–water partition coefficient (Wildman–Crippen LogP) is 0.0635. The molecule has 0 bridgehead atoms. The molecule has 0 unspecified atom stereocenters. The smallest absolute Gasteiger partial charge is 0 e. The van der Waals surface area contributed by atoms with Crippen molar-refractivity contribution in [3.63, 3.8) is 0 Å². The van der Waals surface area contributed by atoms with E-state index in [9.17, 15) is 0 Å². The molecule has 0 aliphatic heterocycles. The zero-order valence-electron chi connectivity index (χ0n) is 6.45. The van der Waals surface area contributed by atoms with Crippen molar-refractivity contribution in [1.82, 2.24) is 0 Å². The molecule has 0 nitrogen and oxygen atoms in total. The number of benzene rings is 1. The number of hydrogen-bond donors (Lipinski definition) is 0. The minimum atomic E-state index is 0. The summed E-state index contributed by atoms with van der Waals surface area (Å²) in [6.45, 7) is 0. The Labute approximate surface area is 133 Å². The van der Waals surface area contributed by atoms with Gasteiger partial charge in [0.2, 0.25) is 0 Å².